The number of carbonyl (C=O) groups is 1. The molecule has 2 aliphatic rings. The van der Waals surface area contributed by atoms with Crippen LogP contribution in [-0.2, 0) is 9.53 Å². The first-order valence-corrected chi connectivity index (χ1v) is 7.65. The molecule has 4 unspecified atom stereocenters. The van der Waals surface area contributed by atoms with Gasteiger partial charge in [-0.1, -0.05) is 30.4 Å². The molecular formula is C17H22N2O2. The number of fused-ring (bicyclic) bond motifs is 3. The minimum Gasteiger partial charge on any atom is -0.466 e. The van der Waals surface area contributed by atoms with Gasteiger partial charge in [0.05, 0.1) is 6.61 Å². The van der Waals surface area contributed by atoms with Gasteiger partial charge in [0.25, 0.3) is 0 Å². The van der Waals surface area contributed by atoms with Gasteiger partial charge in [-0.15, -0.1) is 0 Å². The zero-order valence-electron chi connectivity index (χ0n) is 12.3. The standard InChI is InChI=1S/C17H22N2O2/c1-2-21-16(20)10-8-13-14(18)9-7-12-11-5-3-4-6-15(11)19-17(12)13/h3-7,9,12-14,17,19H,2,8,10,18H2,1H3. The van der Waals surface area contributed by atoms with Crippen LogP contribution in [0.4, 0.5) is 5.69 Å². The molecule has 0 saturated carbocycles. The smallest absolute Gasteiger partial charge is 0.305 e. The van der Waals surface area contributed by atoms with E-state index in [2.05, 4.69) is 35.7 Å². The molecular weight excluding hydrogens is 264 g/mol. The van der Waals surface area contributed by atoms with Gasteiger partial charge in [0, 0.05) is 30.1 Å². The number of hydrogen-bond donors (Lipinski definition) is 2. The van der Waals surface area contributed by atoms with Gasteiger partial charge in [-0.3, -0.25) is 4.79 Å². The minimum atomic E-state index is -0.133. The fourth-order valence-corrected chi connectivity index (χ4v) is 3.50. The van der Waals surface area contributed by atoms with E-state index in [0.29, 0.717) is 18.9 Å². The predicted octanol–water partition coefficient (Wildman–Crippen LogP) is 2.42. The first-order valence-electron chi connectivity index (χ1n) is 7.65. The second-order valence-electron chi connectivity index (χ2n) is 5.75. The van der Waals surface area contributed by atoms with E-state index in [1.165, 1.54) is 11.3 Å². The summed E-state index contributed by atoms with van der Waals surface area (Å²) in [4.78, 5) is 11.6. The molecule has 0 bridgehead atoms. The molecule has 0 saturated heterocycles. The fraction of sp³-hybridized carbons (Fsp3) is 0.471. The molecule has 0 fully saturated rings. The monoisotopic (exact) mass is 286 g/mol. The number of rotatable bonds is 4. The van der Waals surface area contributed by atoms with Crippen molar-refractivity contribution in [3.63, 3.8) is 0 Å². The Morgan fingerprint density at radius 2 is 2.14 bits per heavy atom. The Morgan fingerprint density at radius 3 is 2.95 bits per heavy atom. The molecule has 4 heteroatoms. The molecule has 1 aliphatic heterocycles. The fourth-order valence-electron chi connectivity index (χ4n) is 3.50. The molecule has 1 aliphatic carbocycles. The zero-order chi connectivity index (χ0) is 14.8. The molecule has 3 rings (SSSR count). The maximum Gasteiger partial charge on any atom is 0.305 e. The van der Waals surface area contributed by atoms with E-state index < -0.39 is 0 Å². The van der Waals surface area contributed by atoms with Crippen molar-refractivity contribution >= 4 is 11.7 Å². The second kappa shape index (κ2) is 5.90. The van der Waals surface area contributed by atoms with Crippen LogP contribution in [0, 0.1) is 5.92 Å². The largest absolute Gasteiger partial charge is 0.466 e. The topological polar surface area (TPSA) is 64.3 Å². The van der Waals surface area contributed by atoms with Crippen molar-refractivity contribution < 1.29 is 9.53 Å². The van der Waals surface area contributed by atoms with E-state index in [-0.39, 0.29) is 24.0 Å². The lowest BCUT2D eigenvalue weighted by molar-refractivity contribution is -0.143. The number of anilines is 1. The average molecular weight is 286 g/mol. The van der Waals surface area contributed by atoms with E-state index in [9.17, 15) is 4.79 Å². The molecule has 0 radical (unpaired) electrons. The molecule has 1 heterocycles. The van der Waals surface area contributed by atoms with Gasteiger partial charge in [0.1, 0.15) is 0 Å². The Kier molecular flexibility index (Phi) is 3.97. The summed E-state index contributed by atoms with van der Waals surface area (Å²) >= 11 is 0. The Morgan fingerprint density at radius 1 is 1.33 bits per heavy atom. The maximum absolute atomic E-state index is 11.6. The first-order chi connectivity index (χ1) is 10.2. The average Bonchev–Trinajstić information content (AvgIpc) is 2.85. The molecule has 1 aromatic rings. The second-order valence-corrected chi connectivity index (χ2v) is 5.75. The summed E-state index contributed by atoms with van der Waals surface area (Å²) in [5, 5.41) is 3.59. The first kappa shape index (κ1) is 14.1. The molecule has 4 nitrogen and oxygen atoms in total. The molecule has 1 aromatic carbocycles. The quantitative estimate of drug-likeness (QED) is 0.659. The zero-order valence-corrected chi connectivity index (χ0v) is 12.3. The normalized spacial score (nSPS) is 29.4. The summed E-state index contributed by atoms with van der Waals surface area (Å²) < 4.78 is 5.02. The number of hydrogen-bond acceptors (Lipinski definition) is 4. The highest BCUT2D eigenvalue weighted by Crippen LogP contribution is 2.43. The van der Waals surface area contributed by atoms with E-state index in [0.717, 1.165) is 6.42 Å². The van der Waals surface area contributed by atoms with Crippen molar-refractivity contribution in [2.45, 2.75) is 37.8 Å². The van der Waals surface area contributed by atoms with Gasteiger partial charge >= 0.3 is 5.97 Å². The summed E-state index contributed by atoms with van der Waals surface area (Å²) in [6.07, 6.45) is 5.48. The molecule has 0 spiro atoms. The lowest BCUT2D eigenvalue weighted by atomic mass is 9.76. The molecule has 0 amide bonds. The number of benzene rings is 1. The summed E-state index contributed by atoms with van der Waals surface area (Å²) in [5.41, 5.74) is 8.76. The summed E-state index contributed by atoms with van der Waals surface area (Å²) in [5.74, 6) is 0.469. The molecule has 4 atom stereocenters. The minimum absolute atomic E-state index is 0.0116. The Balaban J connectivity index is 1.74. The molecule has 0 aromatic heterocycles. The Bertz CT molecular complexity index is 555. The van der Waals surface area contributed by atoms with E-state index in [1.54, 1.807) is 0 Å². The van der Waals surface area contributed by atoms with Gasteiger partial charge in [0.15, 0.2) is 0 Å². The lowest BCUT2D eigenvalue weighted by Crippen LogP contribution is -2.44. The maximum atomic E-state index is 11.6. The summed E-state index contributed by atoms with van der Waals surface area (Å²) in [6, 6.07) is 8.64. The van der Waals surface area contributed by atoms with E-state index in [1.807, 2.05) is 13.0 Å². The SMILES string of the molecule is CCOC(=O)CCC1C(N)C=CC2c3ccccc3NC21. The number of carbonyl (C=O) groups excluding carboxylic acids is 1. The number of para-hydroxylation sites is 1. The van der Waals surface area contributed by atoms with Crippen molar-refractivity contribution in [3.05, 3.63) is 42.0 Å². The van der Waals surface area contributed by atoms with Crippen molar-refractivity contribution in [2.75, 3.05) is 11.9 Å². The van der Waals surface area contributed by atoms with Crippen LogP contribution in [0.3, 0.4) is 0 Å². The highest BCUT2D eigenvalue weighted by molar-refractivity contribution is 5.69. The summed E-state index contributed by atoms with van der Waals surface area (Å²) in [6.45, 7) is 2.27. The Labute approximate surface area is 125 Å². The third kappa shape index (κ3) is 2.68. The van der Waals surface area contributed by atoms with Crippen LogP contribution in [0.5, 0.6) is 0 Å². The number of ether oxygens (including phenoxy) is 1. The van der Waals surface area contributed by atoms with Gasteiger partial charge in [0.2, 0.25) is 0 Å². The van der Waals surface area contributed by atoms with Gasteiger partial charge in [-0.05, 0) is 30.9 Å². The summed E-state index contributed by atoms with van der Waals surface area (Å²) in [7, 11) is 0. The van der Waals surface area contributed by atoms with Crippen LogP contribution in [0.2, 0.25) is 0 Å². The number of nitrogens with two attached hydrogens (primary N) is 1. The van der Waals surface area contributed by atoms with Gasteiger partial charge < -0.3 is 15.8 Å². The Hall–Kier alpha value is -1.81. The molecule has 3 N–H and O–H groups in total. The van der Waals surface area contributed by atoms with Crippen molar-refractivity contribution in [1.82, 2.24) is 0 Å². The van der Waals surface area contributed by atoms with E-state index in [4.69, 9.17) is 10.5 Å². The van der Waals surface area contributed by atoms with Gasteiger partial charge in [-0.2, -0.15) is 0 Å². The highest BCUT2D eigenvalue weighted by Gasteiger charge is 2.40. The third-order valence-corrected chi connectivity index (χ3v) is 4.51. The van der Waals surface area contributed by atoms with Crippen LogP contribution in [0.25, 0.3) is 0 Å². The molecule has 21 heavy (non-hydrogen) atoms. The number of esters is 1. The van der Waals surface area contributed by atoms with Crippen LogP contribution in [0.15, 0.2) is 36.4 Å². The van der Waals surface area contributed by atoms with Crippen LogP contribution >= 0.6 is 0 Å². The van der Waals surface area contributed by atoms with Crippen LogP contribution in [0.1, 0.15) is 31.2 Å². The van der Waals surface area contributed by atoms with Crippen LogP contribution in [-0.4, -0.2) is 24.7 Å². The van der Waals surface area contributed by atoms with Crippen molar-refractivity contribution in [1.29, 1.82) is 0 Å². The predicted molar refractivity (Wildman–Crippen MR) is 83.1 cm³/mol. The lowest BCUT2D eigenvalue weighted by Gasteiger charge is -2.34. The van der Waals surface area contributed by atoms with Gasteiger partial charge in [-0.25, -0.2) is 0 Å². The third-order valence-electron chi connectivity index (χ3n) is 4.51. The highest BCUT2D eigenvalue weighted by atomic mass is 16.5. The van der Waals surface area contributed by atoms with E-state index >= 15 is 0 Å². The molecule has 112 valence electrons. The number of nitrogens with one attached hydrogen (secondary N) is 1. The van der Waals surface area contributed by atoms with Crippen molar-refractivity contribution in [3.8, 4) is 0 Å². The van der Waals surface area contributed by atoms with Crippen LogP contribution < -0.4 is 11.1 Å². The van der Waals surface area contributed by atoms with Crippen molar-refractivity contribution in [2.24, 2.45) is 11.7 Å².